The number of rotatable bonds is 6. The molecule has 0 aromatic carbocycles. The van der Waals surface area contributed by atoms with Crippen molar-refractivity contribution in [2.45, 2.75) is 13.5 Å². The number of imidazole rings is 1. The molecule has 1 fully saturated rings. The predicted molar refractivity (Wildman–Crippen MR) is 137 cm³/mol. The molecule has 184 valence electrons. The lowest BCUT2D eigenvalue weighted by Gasteiger charge is -2.33. The first-order valence-electron chi connectivity index (χ1n) is 12.1. The highest BCUT2D eigenvalue weighted by Crippen LogP contribution is 2.33. The quantitative estimate of drug-likeness (QED) is 0.336. The Morgan fingerprint density at radius 3 is 2.75 bits per heavy atom. The van der Waals surface area contributed by atoms with Gasteiger partial charge >= 0.3 is 0 Å². The Balaban J connectivity index is 1.42. The van der Waals surface area contributed by atoms with Gasteiger partial charge in [-0.15, -0.1) is 0 Å². The van der Waals surface area contributed by atoms with Crippen molar-refractivity contribution in [1.29, 1.82) is 0 Å². The number of anilines is 1. The monoisotopic (exact) mass is 486 g/mol. The summed E-state index contributed by atoms with van der Waals surface area (Å²) in [5, 5.41) is 10.9. The second kappa shape index (κ2) is 9.25. The third-order valence-electron chi connectivity index (χ3n) is 6.60. The van der Waals surface area contributed by atoms with Crippen LogP contribution in [0, 0.1) is 5.82 Å². The largest absolute Gasteiger partial charge is 0.352 e. The topological polar surface area (TPSA) is 115 Å². The summed E-state index contributed by atoms with van der Waals surface area (Å²) in [6.07, 6.45) is 6.77. The molecule has 0 saturated carbocycles. The number of likely N-dealkylation sites (N-methyl/N-ethyl adjacent to an activating group) is 1. The van der Waals surface area contributed by atoms with Crippen molar-refractivity contribution in [3.05, 3.63) is 48.3 Å². The molecular weight excluding hydrogens is 459 g/mol. The number of aromatic nitrogens is 7. The molecule has 5 aromatic heterocycles. The first-order chi connectivity index (χ1) is 17.6. The van der Waals surface area contributed by atoms with Crippen molar-refractivity contribution in [2.75, 3.05) is 44.7 Å². The Morgan fingerprint density at radius 1 is 1.06 bits per heavy atom. The zero-order valence-electron chi connectivity index (χ0n) is 20.2. The number of hydrogen-bond acceptors (Lipinski definition) is 8. The van der Waals surface area contributed by atoms with Gasteiger partial charge in [0.2, 0.25) is 0 Å². The molecule has 0 atom stereocenters. The van der Waals surface area contributed by atoms with E-state index in [1.807, 2.05) is 19.1 Å². The lowest BCUT2D eigenvalue weighted by molar-refractivity contribution is 0.312. The minimum Gasteiger partial charge on any atom is -0.352 e. The molecule has 0 bridgehead atoms. The van der Waals surface area contributed by atoms with Gasteiger partial charge in [-0.05, 0) is 31.3 Å². The van der Waals surface area contributed by atoms with Gasteiger partial charge in [-0.25, -0.2) is 14.4 Å². The Hall–Kier alpha value is -3.96. The van der Waals surface area contributed by atoms with E-state index in [1.54, 1.807) is 24.8 Å². The van der Waals surface area contributed by atoms with Crippen LogP contribution in [0.25, 0.3) is 44.7 Å². The Morgan fingerprint density at radius 2 is 1.92 bits per heavy atom. The Kier molecular flexibility index (Phi) is 5.78. The maximum atomic E-state index is 15.9. The van der Waals surface area contributed by atoms with Crippen molar-refractivity contribution < 1.29 is 4.39 Å². The fourth-order valence-corrected chi connectivity index (χ4v) is 4.61. The molecular formula is C25H27FN10. The number of nitrogens with zero attached hydrogens (tertiary/aromatic N) is 7. The molecule has 11 heteroatoms. The third-order valence-corrected chi connectivity index (χ3v) is 6.60. The van der Waals surface area contributed by atoms with Crippen molar-refractivity contribution in [3.63, 3.8) is 0 Å². The van der Waals surface area contributed by atoms with Crippen LogP contribution < -0.4 is 10.2 Å². The molecule has 5 aromatic rings. The van der Waals surface area contributed by atoms with E-state index in [0.717, 1.165) is 55.1 Å². The average Bonchev–Trinajstić information content (AvgIpc) is 3.53. The summed E-state index contributed by atoms with van der Waals surface area (Å²) < 4.78 is 15.9. The fraction of sp³-hybridized carbons (Fsp3) is 0.320. The highest BCUT2D eigenvalue weighted by Gasteiger charge is 2.23. The van der Waals surface area contributed by atoms with E-state index in [0.29, 0.717) is 34.5 Å². The van der Waals surface area contributed by atoms with E-state index in [1.165, 1.54) is 0 Å². The molecule has 0 amide bonds. The second-order valence-electron chi connectivity index (χ2n) is 9.05. The summed E-state index contributed by atoms with van der Waals surface area (Å²) in [6.45, 7) is 7.21. The van der Waals surface area contributed by atoms with Gasteiger partial charge in [-0.3, -0.25) is 15.1 Å². The van der Waals surface area contributed by atoms with Crippen LogP contribution in [-0.2, 0) is 6.54 Å². The number of H-pyrrole nitrogens is 2. The molecule has 1 aliphatic heterocycles. The van der Waals surface area contributed by atoms with Gasteiger partial charge in [0.1, 0.15) is 16.9 Å². The van der Waals surface area contributed by atoms with Gasteiger partial charge in [0.25, 0.3) is 0 Å². The lowest BCUT2D eigenvalue weighted by atomic mass is 10.1. The van der Waals surface area contributed by atoms with Gasteiger partial charge in [-0.1, -0.05) is 6.92 Å². The van der Waals surface area contributed by atoms with E-state index < -0.39 is 5.82 Å². The van der Waals surface area contributed by atoms with Crippen LogP contribution in [0.15, 0.2) is 36.9 Å². The number of aromatic amines is 2. The molecule has 0 aliphatic carbocycles. The summed E-state index contributed by atoms with van der Waals surface area (Å²) in [6, 6.07) is 3.78. The van der Waals surface area contributed by atoms with Crippen LogP contribution >= 0.6 is 0 Å². The van der Waals surface area contributed by atoms with Crippen molar-refractivity contribution in [2.24, 2.45) is 0 Å². The highest BCUT2D eigenvalue weighted by molar-refractivity contribution is 5.96. The van der Waals surface area contributed by atoms with Crippen LogP contribution in [0.4, 0.5) is 10.2 Å². The van der Waals surface area contributed by atoms with E-state index in [9.17, 15) is 0 Å². The summed E-state index contributed by atoms with van der Waals surface area (Å²) in [5.74, 6) is 0.848. The normalized spacial score (nSPS) is 14.8. The molecule has 1 saturated heterocycles. The first-order valence-corrected chi connectivity index (χ1v) is 12.1. The molecule has 0 unspecified atom stereocenters. The standard InChI is InChI=1S/C25H27FN10/c1-3-27-11-15-10-16(13-28-12-15)21-20(26)19-18(14-30-21)33-34-23(19)24-31-17-4-5-29-25(22(17)32-24)36-8-6-35(2)7-9-36/h4-5,10,12-14,27H,3,6-9,11H2,1-2H3,(H,31,32)(H,33,34). The molecule has 6 heterocycles. The van der Waals surface area contributed by atoms with Crippen LogP contribution in [-0.4, -0.2) is 79.8 Å². The minimum absolute atomic E-state index is 0.229. The summed E-state index contributed by atoms with van der Waals surface area (Å²) in [5.41, 5.74) is 4.30. The number of nitrogens with one attached hydrogen (secondary N) is 3. The number of pyridine rings is 3. The van der Waals surface area contributed by atoms with Crippen LogP contribution in [0.3, 0.4) is 0 Å². The molecule has 6 rings (SSSR count). The van der Waals surface area contributed by atoms with Crippen LogP contribution in [0.5, 0.6) is 0 Å². The van der Waals surface area contributed by atoms with E-state index in [4.69, 9.17) is 4.98 Å². The SMILES string of the molecule is CCNCc1cncc(-c2ncc3[nH]nc(-c4nc5c(N6CCN(C)CC6)nccc5[nH]4)c3c2F)c1. The molecule has 36 heavy (non-hydrogen) atoms. The van der Waals surface area contributed by atoms with Crippen molar-refractivity contribution in [3.8, 4) is 22.8 Å². The molecule has 3 N–H and O–H groups in total. The molecule has 10 nitrogen and oxygen atoms in total. The van der Waals surface area contributed by atoms with Crippen molar-refractivity contribution >= 4 is 27.8 Å². The maximum absolute atomic E-state index is 15.9. The molecule has 0 radical (unpaired) electrons. The smallest absolute Gasteiger partial charge is 0.161 e. The van der Waals surface area contributed by atoms with E-state index in [-0.39, 0.29) is 5.69 Å². The second-order valence-corrected chi connectivity index (χ2v) is 9.05. The van der Waals surface area contributed by atoms with Gasteiger partial charge < -0.3 is 20.1 Å². The van der Waals surface area contributed by atoms with Crippen molar-refractivity contribution in [1.82, 2.24) is 45.3 Å². The summed E-state index contributed by atoms with van der Waals surface area (Å²) >= 11 is 0. The zero-order valence-corrected chi connectivity index (χ0v) is 20.2. The highest BCUT2D eigenvalue weighted by atomic mass is 19.1. The minimum atomic E-state index is -0.462. The predicted octanol–water partition coefficient (Wildman–Crippen LogP) is 2.96. The van der Waals surface area contributed by atoms with Gasteiger partial charge in [0, 0.05) is 56.9 Å². The number of halogens is 1. The average molecular weight is 487 g/mol. The summed E-state index contributed by atoms with van der Waals surface area (Å²) in [4.78, 5) is 26.0. The van der Waals surface area contributed by atoms with Crippen LogP contribution in [0.1, 0.15) is 12.5 Å². The molecule has 0 spiro atoms. The van der Waals surface area contributed by atoms with E-state index in [2.05, 4.69) is 52.3 Å². The molecule has 1 aliphatic rings. The van der Waals surface area contributed by atoms with Crippen LogP contribution in [0.2, 0.25) is 0 Å². The third kappa shape index (κ3) is 3.95. The maximum Gasteiger partial charge on any atom is 0.161 e. The Bertz CT molecular complexity index is 1530. The lowest BCUT2D eigenvalue weighted by Crippen LogP contribution is -2.44. The summed E-state index contributed by atoms with van der Waals surface area (Å²) in [7, 11) is 2.12. The zero-order chi connectivity index (χ0) is 24.6. The number of hydrogen-bond donors (Lipinski definition) is 3. The van der Waals surface area contributed by atoms with E-state index >= 15 is 4.39 Å². The van der Waals surface area contributed by atoms with Gasteiger partial charge in [0.15, 0.2) is 17.5 Å². The fourth-order valence-electron chi connectivity index (χ4n) is 4.61. The number of piperazine rings is 1. The number of fused-ring (bicyclic) bond motifs is 2. The first kappa shape index (κ1) is 22.5. The van der Waals surface area contributed by atoms with Gasteiger partial charge in [0.05, 0.1) is 22.6 Å². The Labute approximate surface area is 207 Å². The van der Waals surface area contributed by atoms with Gasteiger partial charge in [-0.2, -0.15) is 5.10 Å².